The largest absolute Gasteiger partial charge is 0.487 e. The van der Waals surface area contributed by atoms with Gasteiger partial charge in [-0.15, -0.1) is 0 Å². The van der Waals surface area contributed by atoms with Crippen molar-refractivity contribution in [1.29, 1.82) is 0 Å². The minimum atomic E-state index is -0.950. The van der Waals surface area contributed by atoms with Crippen LogP contribution < -0.4 is 4.74 Å². The number of benzene rings is 3. The van der Waals surface area contributed by atoms with Gasteiger partial charge >= 0.3 is 5.97 Å². The second-order valence-corrected chi connectivity index (χ2v) is 10.7. The standard InChI is InChI=1S/C31H33ClFNO4/c1-3-4-5-21-6-8-22(9-7-21)20-34(15-14-29(35)36)30(37)24-11-13-28-25(17-24)19-31(2,38-28)18-23-10-12-26(32)27(33)16-23/h6-13,16-17H,3-5,14-15,18-20H2,1-2H3,(H,35,36)/t31-/m1/s1. The van der Waals surface area contributed by atoms with E-state index in [1.807, 2.05) is 25.1 Å². The van der Waals surface area contributed by atoms with Crippen LogP contribution >= 0.6 is 11.6 Å². The van der Waals surface area contributed by atoms with Crippen LogP contribution in [0.25, 0.3) is 0 Å². The molecule has 0 radical (unpaired) electrons. The Labute approximate surface area is 228 Å². The number of carboxylic acids is 1. The van der Waals surface area contributed by atoms with Gasteiger partial charge in [0, 0.05) is 31.5 Å². The molecule has 0 fully saturated rings. The normalized spacial score (nSPS) is 16.1. The molecule has 1 N–H and O–H groups in total. The zero-order valence-corrected chi connectivity index (χ0v) is 22.6. The topological polar surface area (TPSA) is 66.8 Å². The van der Waals surface area contributed by atoms with E-state index in [0.717, 1.165) is 36.0 Å². The van der Waals surface area contributed by atoms with Gasteiger partial charge in [-0.3, -0.25) is 9.59 Å². The monoisotopic (exact) mass is 537 g/mol. The molecule has 7 heteroatoms. The van der Waals surface area contributed by atoms with E-state index >= 15 is 0 Å². The Balaban J connectivity index is 1.49. The lowest BCUT2D eigenvalue weighted by molar-refractivity contribution is -0.137. The molecule has 1 atom stereocenters. The number of hydrogen-bond donors (Lipinski definition) is 1. The molecule has 1 aliphatic rings. The van der Waals surface area contributed by atoms with Gasteiger partial charge in [-0.1, -0.05) is 55.3 Å². The quantitative estimate of drug-likeness (QED) is 0.290. The molecule has 0 saturated heterocycles. The number of halogens is 2. The smallest absolute Gasteiger partial charge is 0.305 e. The van der Waals surface area contributed by atoms with Crippen molar-refractivity contribution in [3.05, 3.63) is 99.3 Å². The first kappa shape index (κ1) is 27.6. The minimum Gasteiger partial charge on any atom is -0.487 e. The van der Waals surface area contributed by atoms with Gasteiger partial charge in [-0.2, -0.15) is 0 Å². The fraction of sp³-hybridized carbons (Fsp3) is 0.355. The lowest BCUT2D eigenvalue weighted by Crippen LogP contribution is -2.33. The summed E-state index contributed by atoms with van der Waals surface area (Å²) in [6.45, 7) is 4.56. The summed E-state index contributed by atoms with van der Waals surface area (Å²) in [6, 6.07) is 18.2. The number of carbonyl (C=O) groups excluding carboxylic acids is 1. The number of ether oxygens (including phenoxy) is 1. The molecule has 3 aromatic rings. The summed E-state index contributed by atoms with van der Waals surface area (Å²) in [7, 11) is 0. The highest BCUT2D eigenvalue weighted by atomic mass is 35.5. The van der Waals surface area contributed by atoms with Crippen molar-refractivity contribution >= 4 is 23.5 Å². The fourth-order valence-electron chi connectivity index (χ4n) is 4.91. The van der Waals surface area contributed by atoms with Crippen LogP contribution in [0.5, 0.6) is 5.75 Å². The van der Waals surface area contributed by atoms with Crippen LogP contribution in [0, 0.1) is 5.82 Å². The SMILES string of the molecule is CCCCc1ccc(CN(CCC(=O)O)C(=O)c2ccc3c(c2)C[C@@](C)(Cc2ccc(Cl)c(F)c2)O3)cc1. The molecular weight excluding hydrogens is 505 g/mol. The molecule has 0 bridgehead atoms. The predicted octanol–water partition coefficient (Wildman–Crippen LogP) is 6.88. The summed E-state index contributed by atoms with van der Waals surface area (Å²) in [5.41, 5.74) is 3.77. The van der Waals surface area contributed by atoms with Gasteiger partial charge in [0.25, 0.3) is 5.91 Å². The maximum atomic E-state index is 13.9. The van der Waals surface area contributed by atoms with Crippen molar-refractivity contribution in [2.45, 2.75) is 64.5 Å². The summed E-state index contributed by atoms with van der Waals surface area (Å²) in [4.78, 5) is 26.4. The number of amides is 1. The lowest BCUT2D eigenvalue weighted by atomic mass is 9.91. The molecule has 0 unspecified atom stereocenters. The van der Waals surface area contributed by atoms with Crippen LogP contribution in [0.2, 0.25) is 5.02 Å². The first-order chi connectivity index (χ1) is 18.2. The average Bonchev–Trinajstić information content (AvgIpc) is 3.22. The van der Waals surface area contributed by atoms with Crippen molar-refractivity contribution in [2.75, 3.05) is 6.54 Å². The van der Waals surface area contributed by atoms with E-state index in [-0.39, 0.29) is 23.9 Å². The van der Waals surface area contributed by atoms with Crippen molar-refractivity contribution in [2.24, 2.45) is 0 Å². The molecule has 0 aliphatic carbocycles. The van der Waals surface area contributed by atoms with Gasteiger partial charge in [0.2, 0.25) is 0 Å². The summed E-state index contributed by atoms with van der Waals surface area (Å²) in [5, 5.41) is 9.33. The Bertz CT molecular complexity index is 1310. The Morgan fingerprint density at radius 3 is 2.45 bits per heavy atom. The highest BCUT2D eigenvalue weighted by molar-refractivity contribution is 6.30. The van der Waals surface area contributed by atoms with Gasteiger partial charge in [-0.25, -0.2) is 4.39 Å². The van der Waals surface area contributed by atoms with Gasteiger partial charge in [0.05, 0.1) is 11.4 Å². The van der Waals surface area contributed by atoms with Gasteiger partial charge in [0.1, 0.15) is 17.2 Å². The molecule has 3 aromatic carbocycles. The number of aliphatic carboxylic acids is 1. The molecule has 0 aromatic heterocycles. The van der Waals surface area contributed by atoms with Crippen LogP contribution in [-0.4, -0.2) is 34.0 Å². The van der Waals surface area contributed by atoms with Gasteiger partial charge < -0.3 is 14.7 Å². The Morgan fingerprint density at radius 2 is 1.76 bits per heavy atom. The van der Waals surface area contributed by atoms with Crippen molar-refractivity contribution < 1.29 is 23.8 Å². The molecule has 0 spiro atoms. The second kappa shape index (κ2) is 12.0. The van der Waals surface area contributed by atoms with E-state index < -0.39 is 17.4 Å². The Kier molecular flexibility index (Phi) is 8.72. The first-order valence-electron chi connectivity index (χ1n) is 13.0. The molecule has 1 aliphatic heterocycles. The average molecular weight is 538 g/mol. The number of unbranched alkanes of at least 4 members (excludes halogenated alkanes) is 1. The first-order valence-corrected chi connectivity index (χ1v) is 13.4. The lowest BCUT2D eigenvalue weighted by Gasteiger charge is -2.24. The number of aryl methyl sites for hydroxylation is 1. The van der Waals surface area contributed by atoms with Crippen LogP contribution in [0.1, 0.15) is 65.7 Å². The molecule has 5 nitrogen and oxygen atoms in total. The minimum absolute atomic E-state index is 0.0811. The zero-order chi connectivity index (χ0) is 27.3. The van der Waals surface area contributed by atoms with Crippen LogP contribution in [-0.2, 0) is 30.6 Å². The summed E-state index contributed by atoms with van der Waals surface area (Å²) in [6.07, 6.45) is 4.18. The predicted molar refractivity (Wildman–Crippen MR) is 146 cm³/mol. The summed E-state index contributed by atoms with van der Waals surface area (Å²) < 4.78 is 20.2. The van der Waals surface area contributed by atoms with E-state index in [2.05, 4.69) is 19.1 Å². The molecule has 0 saturated carbocycles. The summed E-state index contributed by atoms with van der Waals surface area (Å²) in [5.74, 6) is -0.946. The van der Waals surface area contributed by atoms with Crippen molar-refractivity contribution in [3.63, 3.8) is 0 Å². The van der Waals surface area contributed by atoms with E-state index in [1.54, 1.807) is 29.2 Å². The number of fused-ring (bicyclic) bond motifs is 1. The molecule has 1 amide bonds. The maximum absolute atomic E-state index is 13.9. The molecule has 4 rings (SSSR count). The van der Waals surface area contributed by atoms with Crippen molar-refractivity contribution in [1.82, 2.24) is 4.90 Å². The summed E-state index contributed by atoms with van der Waals surface area (Å²) >= 11 is 5.82. The third-order valence-electron chi connectivity index (χ3n) is 6.89. The number of rotatable bonds is 11. The number of hydrogen-bond acceptors (Lipinski definition) is 3. The van der Waals surface area contributed by atoms with E-state index in [4.69, 9.17) is 16.3 Å². The highest BCUT2D eigenvalue weighted by Crippen LogP contribution is 2.38. The number of nitrogens with zero attached hydrogens (tertiary/aromatic N) is 1. The second-order valence-electron chi connectivity index (χ2n) is 10.3. The number of carbonyl (C=O) groups is 2. The molecule has 38 heavy (non-hydrogen) atoms. The van der Waals surface area contributed by atoms with E-state index in [0.29, 0.717) is 30.7 Å². The number of carboxylic acid groups (broad SMARTS) is 1. The zero-order valence-electron chi connectivity index (χ0n) is 21.8. The molecule has 200 valence electrons. The van der Waals surface area contributed by atoms with Gasteiger partial charge in [0.15, 0.2) is 0 Å². The van der Waals surface area contributed by atoms with E-state index in [1.165, 1.54) is 11.6 Å². The fourth-order valence-corrected chi connectivity index (χ4v) is 5.03. The van der Waals surface area contributed by atoms with Crippen LogP contribution in [0.3, 0.4) is 0 Å². The highest BCUT2D eigenvalue weighted by Gasteiger charge is 2.36. The van der Waals surface area contributed by atoms with Crippen LogP contribution in [0.4, 0.5) is 4.39 Å². The third-order valence-corrected chi connectivity index (χ3v) is 7.20. The van der Waals surface area contributed by atoms with Gasteiger partial charge in [-0.05, 0) is 72.4 Å². The van der Waals surface area contributed by atoms with E-state index in [9.17, 15) is 19.1 Å². The Morgan fingerprint density at radius 1 is 1.05 bits per heavy atom. The Hall–Kier alpha value is -3.38. The maximum Gasteiger partial charge on any atom is 0.305 e. The van der Waals surface area contributed by atoms with Crippen molar-refractivity contribution in [3.8, 4) is 5.75 Å². The van der Waals surface area contributed by atoms with Crippen LogP contribution in [0.15, 0.2) is 60.7 Å². The molecule has 1 heterocycles. The molecular formula is C31H33ClFNO4. The third kappa shape index (κ3) is 6.93.